The van der Waals surface area contributed by atoms with Gasteiger partial charge in [-0.3, -0.25) is 14.0 Å². The van der Waals surface area contributed by atoms with Gasteiger partial charge in [0.05, 0.1) is 36.2 Å². The average molecular weight is 429 g/mol. The van der Waals surface area contributed by atoms with Crippen LogP contribution in [0.4, 0.5) is 0 Å². The monoisotopic (exact) mass is 429 g/mol. The van der Waals surface area contributed by atoms with Crippen molar-refractivity contribution in [1.82, 2.24) is 14.7 Å². The largest absolute Gasteiger partial charge is 0.493 e. The second kappa shape index (κ2) is 7.37. The Balaban J connectivity index is 1.98. The molecule has 0 unspecified atom stereocenters. The Hall–Kier alpha value is -3.87. The van der Waals surface area contributed by atoms with Gasteiger partial charge in [0, 0.05) is 22.7 Å². The van der Waals surface area contributed by atoms with Gasteiger partial charge in [-0.2, -0.15) is 0 Å². The summed E-state index contributed by atoms with van der Waals surface area (Å²) in [6.45, 7) is 4.63. The molecule has 5 rings (SSSR count). The number of hydrogen-bond acceptors (Lipinski definition) is 5. The molecular weight excluding hydrogens is 406 g/mol. The van der Waals surface area contributed by atoms with Crippen molar-refractivity contribution in [3.05, 3.63) is 58.5 Å². The number of benzene rings is 2. The summed E-state index contributed by atoms with van der Waals surface area (Å²) in [5.41, 5.74) is 2.12. The molecule has 0 spiro atoms. The van der Waals surface area contributed by atoms with Crippen molar-refractivity contribution in [1.29, 1.82) is 0 Å². The number of ether oxygens (including phenoxy) is 2. The van der Waals surface area contributed by atoms with Gasteiger partial charge in [-0.15, -0.1) is 0 Å². The predicted molar refractivity (Wildman–Crippen MR) is 125 cm³/mol. The van der Waals surface area contributed by atoms with Crippen LogP contribution in [-0.4, -0.2) is 36.1 Å². The molecule has 2 aromatic carbocycles. The summed E-state index contributed by atoms with van der Waals surface area (Å²) >= 11 is 0. The summed E-state index contributed by atoms with van der Waals surface area (Å²) in [5.74, 6) is 0.885. The lowest BCUT2D eigenvalue weighted by molar-refractivity contribution is 0.0944. The second-order valence-corrected chi connectivity index (χ2v) is 8.24. The molecule has 0 bridgehead atoms. The number of nitrogens with zero attached hydrogens (tertiary/aromatic N) is 2. The van der Waals surface area contributed by atoms with Crippen LogP contribution in [-0.2, 0) is 0 Å². The SMILES string of the molecule is COc1ccc2c(c1OC)c(=O)n1c3ccccc3c3cc(C(=O)NCC(C)C)nc2c31. The van der Waals surface area contributed by atoms with Gasteiger partial charge in [-0.25, -0.2) is 4.98 Å². The summed E-state index contributed by atoms with van der Waals surface area (Å²) < 4.78 is 12.7. The van der Waals surface area contributed by atoms with Crippen LogP contribution in [0.3, 0.4) is 0 Å². The molecule has 0 fully saturated rings. The number of carbonyl (C=O) groups excluding carboxylic acids is 1. The first-order valence-corrected chi connectivity index (χ1v) is 10.5. The Morgan fingerprint density at radius 1 is 1.06 bits per heavy atom. The van der Waals surface area contributed by atoms with E-state index in [0.29, 0.717) is 51.5 Å². The molecule has 7 nitrogen and oxygen atoms in total. The van der Waals surface area contributed by atoms with Gasteiger partial charge in [0.25, 0.3) is 11.5 Å². The molecule has 0 aliphatic rings. The van der Waals surface area contributed by atoms with Gasteiger partial charge < -0.3 is 14.8 Å². The molecule has 0 atom stereocenters. The minimum absolute atomic E-state index is 0.215. The van der Waals surface area contributed by atoms with Crippen LogP contribution in [0.2, 0.25) is 0 Å². The highest BCUT2D eigenvalue weighted by Gasteiger charge is 2.24. The van der Waals surface area contributed by atoms with Crippen LogP contribution in [0.25, 0.3) is 38.1 Å². The smallest absolute Gasteiger partial charge is 0.269 e. The first-order valence-electron chi connectivity index (χ1n) is 10.5. The fourth-order valence-electron chi connectivity index (χ4n) is 4.34. The zero-order valence-electron chi connectivity index (χ0n) is 18.4. The highest BCUT2D eigenvalue weighted by Crippen LogP contribution is 2.39. The Kier molecular flexibility index (Phi) is 4.62. The Labute approximate surface area is 183 Å². The van der Waals surface area contributed by atoms with Crippen molar-refractivity contribution in [3.8, 4) is 11.5 Å². The fourth-order valence-corrected chi connectivity index (χ4v) is 4.34. The maximum atomic E-state index is 13.7. The number of carbonyl (C=O) groups is 1. The summed E-state index contributed by atoms with van der Waals surface area (Å²) in [4.78, 5) is 31.4. The van der Waals surface area contributed by atoms with Crippen LogP contribution in [0.5, 0.6) is 11.5 Å². The zero-order chi connectivity index (χ0) is 22.6. The van der Waals surface area contributed by atoms with Gasteiger partial charge in [0.1, 0.15) is 5.69 Å². The van der Waals surface area contributed by atoms with Gasteiger partial charge in [-0.05, 0) is 30.2 Å². The molecule has 3 heterocycles. The van der Waals surface area contributed by atoms with E-state index in [-0.39, 0.29) is 11.5 Å². The highest BCUT2D eigenvalue weighted by atomic mass is 16.5. The third-order valence-electron chi connectivity index (χ3n) is 5.77. The van der Waals surface area contributed by atoms with E-state index >= 15 is 0 Å². The van der Waals surface area contributed by atoms with Crippen LogP contribution in [0.1, 0.15) is 24.3 Å². The third kappa shape index (κ3) is 2.77. The highest BCUT2D eigenvalue weighted by molar-refractivity contribution is 6.21. The number of amides is 1. The third-order valence-corrected chi connectivity index (χ3v) is 5.77. The first kappa shape index (κ1) is 20.1. The minimum atomic E-state index is -0.243. The van der Waals surface area contributed by atoms with Crippen LogP contribution < -0.4 is 20.3 Å². The summed E-state index contributed by atoms with van der Waals surface area (Å²) in [6.07, 6.45) is 0. The molecule has 5 aromatic rings. The fraction of sp³-hybridized carbons (Fsp3) is 0.240. The number of pyridine rings is 2. The average Bonchev–Trinajstić information content (AvgIpc) is 3.14. The molecule has 1 N–H and O–H groups in total. The number of para-hydroxylation sites is 1. The molecule has 1 amide bonds. The lowest BCUT2D eigenvalue weighted by Gasteiger charge is -2.13. The standard InChI is InChI=1S/C25H23N3O4/c1-13(2)12-26-24(29)17-11-16-14-7-5-6-8-18(14)28-22(16)21(27-17)15-9-10-19(31-3)23(32-4)20(15)25(28)30/h5-11,13H,12H2,1-4H3,(H,26,29). The van der Waals surface area contributed by atoms with Gasteiger partial charge in [0.2, 0.25) is 0 Å². The van der Waals surface area contributed by atoms with Gasteiger partial charge >= 0.3 is 0 Å². The van der Waals surface area contributed by atoms with E-state index in [1.54, 1.807) is 22.6 Å². The zero-order valence-corrected chi connectivity index (χ0v) is 18.4. The van der Waals surface area contributed by atoms with Crippen LogP contribution in [0, 0.1) is 5.92 Å². The Bertz CT molecular complexity index is 1570. The summed E-state index contributed by atoms with van der Waals surface area (Å²) in [5, 5.41) is 5.63. The maximum absolute atomic E-state index is 13.7. The summed E-state index contributed by atoms with van der Waals surface area (Å²) in [6, 6.07) is 13.0. The number of methoxy groups -OCH3 is 2. The van der Waals surface area contributed by atoms with Crippen molar-refractivity contribution in [2.75, 3.05) is 20.8 Å². The number of rotatable bonds is 5. The van der Waals surface area contributed by atoms with Gasteiger partial charge in [0.15, 0.2) is 11.5 Å². The topological polar surface area (TPSA) is 81.9 Å². The lowest BCUT2D eigenvalue weighted by atomic mass is 10.1. The molecule has 7 heteroatoms. The lowest BCUT2D eigenvalue weighted by Crippen LogP contribution is -2.28. The molecule has 0 aliphatic carbocycles. The van der Waals surface area contributed by atoms with E-state index < -0.39 is 0 Å². The van der Waals surface area contributed by atoms with Crippen LogP contribution in [0.15, 0.2) is 47.3 Å². The number of fused-ring (bicyclic) bond motifs is 5. The van der Waals surface area contributed by atoms with E-state index in [1.165, 1.54) is 14.2 Å². The quantitative estimate of drug-likeness (QED) is 0.427. The molecule has 0 aliphatic heterocycles. The molecule has 32 heavy (non-hydrogen) atoms. The number of nitrogens with one attached hydrogen (secondary N) is 1. The van der Waals surface area contributed by atoms with Crippen molar-refractivity contribution >= 4 is 44.0 Å². The molecule has 0 saturated heterocycles. The maximum Gasteiger partial charge on any atom is 0.269 e. The van der Waals surface area contributed by atoms with Crippen molar-refractivity contribution in [3.63, 3.8) is 0 Å². The van der Waals surface area contributed by atoms with Crippen LogP contribution >= 0.6 is 0 Å². The van der Waals surface area contributed by atoms with E-state index in [1.807, 2.05) is 38.1 Å². The van der Waals surface area contributed by atoms with E-state index in [2.05, 4.69) is 5.32 Å². The van der Waals surface area contributed by atoms with Crippen molar-refractivity contribution in [2.45, 2.75) is 13.8 Å². The van der Waals surface area contributed by atoms with Gasteiger partial charge in [-0.1, -0.05) is 32.0 Å². The number of aromatic nitrogens is 2. The summed E-state index contributed by atoms with van der Waals surface area (Å²) in [7, 11) is 3.04. The molecule has 0 radical (unpaired) electrons. The van der Waals surface area contributed by atoms with E-state index in [4.69, 9.17) is 14.5 Å². The normalized spacial score (nSPS) is 11.8. The second-order valence-electron chi connectivity index (χ2n) is 8.24. The van der Waals surface area contributed by atoms with Crippen molar-refractivity contribution in [2.24, 2.45) is 5.92 Å². The molecule has 3 aromatic heterocycles. The van der Waals surface area contributed by atoms with Crippen molar-refractivity contribution < 1.29 is 14.3 Å². The molecule has 0 saturated carbocycles. The minimum Gasteiger partial charge on any atom is -0.493 e. The van der Waals surface area contributed by atoms with E-state index in [0.717, 1.165) is 16.3 Å². The molecular formula is C25H23N3O4. The Morgan fingerprint density at radius 2 is 1.84 bits per heavy atom. The van der Waals surface area contributed by atoms with E-state index in [9.17, 15) is 9.59 Å². The predicted octanol–water partition coefficient (Wildman–Crippen LogP) is 3.99. The first-order chi connectivity index (χ1) is 15.5. The molecule has 162 valence electrons. The number of hydrogen-bond donors (Lipinski definition) is 1. The Morgan fingerprint density at radius 3 is 2.56 bits per heavy atom.